The first-order valence-electron chi connectivity index (χ1n) is 9.29. The highest BCUT2D eigenvalue weighted by molar-refractivity contribution is 5.91. The van der Waals surface area contributed by atoms with Gasteiger partial charge in [0.15, 0.2) is 0 Å². The summed E-state index contributed by atoms with van der Waals surface area (Å²) in [4.78, 5) is 16.9. The molecule has 0 N–H and O–H groups in total. The topological polar surface area (TPSA) is 54.3 Å². The zero-order valence-electron chi connectivity index (χ0n) is 15.5. The maximum atomic E-state index is 13.0. The van der Waals surface area contributed by atoms with E-state index in [-0.39, 0.29) is 5.91 Å². The molecule has 1 fully saturated rings. The Bertz CT molecular complexity index is 901. The van der Waals surface area contributed by atoms with Gasteiger partial charge in [-0.25, -0.2) is 0 Å². The molecule has 1 aliphatic rings. The van der Waals surface area contributed by atoms with Gasteiger partial charge in [-0.3, -0.25) is 9.36 Å². The molecule has 2 aromatic carbocycles. The summed E-state index contributed by atoms with van der Waals surface area (Å²) >= 11 is 0. The average molecular weight is 361 g/mol. The number of nitrogens with zero attached hydrogens (tertiary/aromatic N) is 5. The number of anilines is 2. The van der Waals surface area contributed by atoms with Gasteiger partial charge < -0.3 is 9.80 Å². The van der Waals surface area contributed by atoms with E-state index in [4.69, 9.17) is 0 Å². The van der Waals surface area contributed by atoms with Crippen LogP contribution in [0.25, 0.3) is 0 Å². The predicted molar refractivity (Wildman–Crippen MR) is 105 cm³/mol. The monoisotopic (exact) mass is 361 g/mol. The highest BCUT2D eigenvalue weighted by Crippen LogP contribution is 2.24. The van der Waals surface area contributed by atoms with Crippen LogP contribution >= 0.6 is 0 Å². The molecule has 6 heteroatoms. The quantitative estimate of drug-likeness (QED) is 0.699. The summed E-state index contributed by atoms with van der Waals surface area (Å²) < 4.78 is 1.92. The van der Waals surface area contributed by atoms with Crippen molar-refractivity contribution >= 4 is 17.5 Å². The first kappa shape index (κ1) is 17.3. The molecular formula is C21H23N5O. The third kappa shape index (κ3) is 3.56. The zero-order chi connectivity index (χ0) is 18.6. The molecule has 0 unspecified atom stereocenters. The molecule has 1 amide bonds. The highest BCUT2D eigenvalue weighted by atomic mass is 16.2. The number of rotatable bonds is 5. The molecule has 1 saturated heterocycles. The molecule has 4 rings (SSSR count). The lowest BCUT2D eigenvalue weighted by molar-refractivity contribution is 0.0776. The summed E-state index contributed by atoms with van der Waals surface area (Å²) in [5.41, 5.74) is 2.11. The minimum atomic E-state index is -0.0383. The summed E-state index contributed by atoms with van der Waals surface area (Å²) in [6, 6.07) is 20.1. The van der Waals surface area contributed by atoms with E-state index in [0.717, 1.165) is 37.2 Å². The lowest BCUT2D eigenvalue weighted by Crippen LogP contribution is -2.31. The Hall–Kier alpha value is -3.15. The summed E-state index contributed by atoms with van der Waals surface area (Å²) in [5.74, 6) is 1.02. The van der Waals surface area contributed by atoms with Gasteiger partial charge >= 0.3 is 0 Å². The van der Waals surface area contributed by atoms with E-state index in [0.29, 0.717) is 18.3 Å². The van der Waals surface area contributed by atoms with Gasteiger partial charge in [-0.1, -0.05) is 48.5 Å². The van der Waals surface area contributed by atoms with Gasteiger partial charge in [0.25, 0.3) is 5.91 Å². The molecule has 0 saturated carbocycles. The van der Waals surface area contributed by atoms with Crippen molar-refractivity contribution in [3.8, 4) is 0 Å². The fourth-order valence-corrected chi connectivity index (χ4v) is 3.44. The minimum Gasteiger partial charge on any atom is -0.336 e. The molecule has 0 aliphatic carbocycles. The zero-order valence-corrected chi connectivity index (χ0v) is 15.5. The van der Waals surface area contributed by atoms with Crippen LogP contribution in [0, 0.1) is 0 Å². The third-order valence-electron chi connectivity index (χ3n) is 4.94. The molecule has 6 nitrogen and oxygen atoms in total. The van der Waals surface area contributed by atoms with Crippen LogP contribution in [0.5, 0.6) is 0 Å². The maximum Gasteiger partial charge on any atom is 0.291 e. The van der Waals surface area contributed by atoms with Crippen LogP contribution in [0.15, 0.2) is 60.7 Å². The Kier molecular flexibility index (Phi) is 4.87. The molecule has 0 atom stereocenters. The van der Waals surface area contributed by atoms with Crippen molar-refractivity contribution in [2.24, 2.45) is 0 Å². The van der Waals surface area contributed by atoms with Crippen LogP contribution in [-0.2, 0) is 6.54 Å². The molecule has 3 aromatic rings. The van der Waals surface area contributed by atoms with Gasteiger partial charge in [0.1, 0.15) is 0 Å². The number of likely N-dealkylation sites (tertiary alicyclic amines) is 1. The lowest BCUT2D eigenvalue weighted by atomic mass is 10.2. The van der Waals surface area contributed by atoms with E-state index >= 15 is 0 Å². The fraction of sp³-hybridized carbons (Fsp3) is 0.286. The number of aromatic nitrogens is 3. The third-order valence-corrected chi connectivity index (χ3v) is 4.94. The summed E-state index contributed by atoms with van der Waals surface area (Å²) in [5, 5.41) is 8.66. The van der Waals surface area contributed by atoms with E-state index in [9.17, 15) is 4.79 Å². The van der Waals surface area contributed by atoms with Crippen molar-refractivity contribution in [1.82, 2.24) is 19.7 Å². The molecule has 0 radical (unpaired) electrons. The van der Waals surface area contributed by atoms with Crippen LogP contribution in [0.4, 0.5) is 11.6 Å². The molecule has 27 heavy (non-hydrogen) atoms. The van der Waals surface area contributed by atoms with Crippen molar-refractivity contribution in [2.75, 3.05) is 25.0 Å². The second-order valence-corrected chi connectivity index (χ2v) is 6.79. The van der Waals surface area contributed by atoms with E-state index in [1.54, 1.807) is 0 Å². The number of amides is 1. The van der Waals surface area contributed by atoms with E-state index < -0.39 is 0 Å². The smallest absolute Gasteiger partial charge is 0.291 e. The van der Waals surface area contributed by atoms with Crippen molar-refractivity contribution in [3.05, 3.63) is 72.1 Å². The highest BCUT2D eigenvalue weighted by Gasteiger charge is 2.27. The second kappa shape index (κ2) is 7.61. The van der Waals surface area contributed by atoms with Crippen LogP contribution in [0.2, 0.25) is 0 Å². The SMILES string of the molecule is CN(c1ccccc1)c1nnc(C(=O)N2CCCC2)n1Cc1ccccc1. The number of hydrogen-bond donors (Lipinski definition) is 0. The standard InChI is InChI=1S/C21H23N5O/c1-24(18-12-6-3-7-13-18)21-23-22-19(20(27)25-14-8-9-15-25)26(21)16-17-10-4-2-5-11-17/h2-7,10-13H,8-9,14-16H2,1H3. The van der Waals surface area contributed by atoms with Gasteiger partial charge in [0, 0.05) is 25.8 Å². The van der Waals surface area contributed by atoms with Crippen LogP contribution in [0.1, 0.15) is 29.0 Å². The van der Waals surface area contributed by atoms with Gasteiger partial charge in [-0.15, -0.1) is 10.2 Å². The van der Waals surface area contributed by atoms with Crippen LogP contribution in [0.3, 0.4) is 0 Å². The Morgan fingerprint density at radius 3 is 2.26 bits per heavy atom. The number of hydrogen-bond acceptors (Lipinski definition) is 4. The van der Waals surface area contributed by atoms with Crippen LogP contribution < -0.4 is 4.90 Å². The fourth-order valence-electron chi connectivity index (χ4n) is 3.44. The van der Waals surface area contributed by atoms with Gasteiger partial charge in [0.05, 0.1) is 6.54 Å². The van der Waals surface area contributed by atoms with Gasteiger partial charge in [0.2, 0.25) is 11.8 Å². The maximum absolute atomic E-state index is 13.0. The summed E-state index contributed by atoms with van der Waals surface area (Å²) in [7, 11) is 1.95. The predicted octanol–water partition coefficient (Wildman–Crippen LogP) is 3.33. The van der Waals surface area contributed by atoms with Crippen LogP contribution in [-0.4, -0.2) is 45.7 Å². The number of para-hydroxylation sites is 1. The molecule has 2 heterocycles. The largest absolute Gasteiger partial charge is 0.336 e. The van der Waals surface area contributed by atoms with E-state index in [2.05, 4.69) is 22.3 Å². The second-order valence-electron chi connectivity index (χ2n) is 6.79. The molecule has 138 valence electrons. The number of carbonyl (C=O) groups is 1. The van der Waals surface area contributed by atoms with Gasteiger partial charge in [-0.2, -0.15) is 0 Å². The number of benzene rings is 2. The van der Waals surface area contributed by atoms with E-state index in [1.165, 1.54) is 0 Å². The van der Waals surface area contributed by atoms with Crippen molar-refractivity contribution < 1.29 is 4.79 Å². The summed E-state index contributed by atoms with van der Waals surface area (Å²) in [6.07, 6.45) is 2.10. The Balaban J connectivity index is 1.73. The minimum absolute atomic E-state index is 0.0383. The molecule has 1 aliphatic heterocycles. The average Bonchev–Trinajstić information content (AvgIpc) is 3.39. The Morgan fingerprint density at radius 2 is 1.59 bits per heavy atom. The molecule has 1 aromatic heterocycles. The van der Waals surface area contributed by atoms with Crippen molar-refractivity contribution in [1.29, 1.82) is 0 Å². The van der Waals surface area contributed by atoms with E-state index in [1.807, 2.05) is 69.9 Å². The Labute approximate surface area is 159 Å². The number of carbonyl (C=O) groups excluding carboxylic acids is 1. The van der Waals surface area contributed by atoms with Crippen molar-refractivity contribution in [3.63, 3.8) is 0 Å². The first-order chi connectivity index (χ1) is 13.2. The van der Waals surface area contributed by atoms with Gasteiger partial charge in [-0.05, 0) is 30.5 Å². The lowest BCUT2D eigenvalue weighted by Gasteiger charge is -2.21. The molecular weight excluding hydrogens is 338 g/mol. The molecule has 0 bridgehead atoms. The van der Waals surface area contributed by atoms with Crippen molar-refractivity contribution in [2.45, 2.75) is 19.4 Å². The summed E-state index contributed by atoms with van der Waals surface area (Å²) in [6.45, 7) is 2.14. The Morgan fingerprint density at radius 1 is 0.963 bits per heavy atom. The first-order valence-corrected chi connectivity index (χ1v) is 9.29. The normalized spacial score (nSPS) is 13.7. The molecule has 0 spiro atoms.